The molecule has 1 saturated carbocycles. The van der Waals surface area contributed by atoms with E-state index in [9.17, 15) is 14.4 Å². The molecule has 0 radical (unpaired) electrons. The summed E-state index contributed by atoms with van der Waals surface area (Å²) in [5, 5.41) is 5.17. The average molecular weight is 447 g/mol. The second-order valence-corrected chi connectivity index (χ2v) is 8.06. The van der Waals surface area contributed by atoms with Crippen molar-refractivity contribution in [2.45, 2.75) is 19.4 Å². The molecule has 3 aliphatic rings. The summed E-state index contributed by atoms with van der Waals surface area (Å²) in [6, 6.07) is 5.14. The van der Waals surface area contributed by atoms with Gasteiger partial charge in [0.05, 0.1) is 29.6 Å². The summed E-state index contributed by atoms with van der Waals surface area (Å²) in [5.74, 6) is -0.631. The molecule has 0 spiro atoms. The summed E-state index contributed by atoms with van der Waals surface area (Å²) in [6.45, 7) is 1.59. The number of hydrazone groups is 1. The Bertz CT molecular complexity index is 882. The Labute approximate surface area is 170 Å². The number of ether oxygens (including phenoxy) is 2. The Morgan fingerprint density at radius 1 is 1.25 bits per heavy atom. The van der Waals surface area contributed by atoms with Crippen LogP contribution in [0.3, 0.4) is 0 Å². The van der Waals surface area contributed by atoms with E-state index in [-0.39, 0.29) is 35.5 Å². The lowest BCUT2D eigenvalue weighted by Crippen LogP contribution is -2.28. The fourth-order valence-corrected chi connectivity index (χ4v) is 4.71. The Morgan fingerprint density at radius 3 is 2.46 bits per heavy atom. The lowest BCUT2D eigenvalue weighted by atomic mass is 9.85. The van der Waals surface area contributed by atoms with E-state index >= 15 is 0 Å². The lowest BCUT2D eigenvalue weighted by molar-refractivity contribution is -0.148. The van der Waals surface area contributed by atoms with Crippen molar-refractivity contribution in [3.8, 4) is 5.75 Å². The van der Waals surface area contributed by atoms with Crippen LogP contribution >= 0.6 is 15.9 Å². The van der Waals surface area contributed by atoms with E-state index < -0.39 is 12.1 Å². The van der Waals surface area contributed by atoms with Crippen molar-refractivity contribution in [3.63, 3.8) is 0 Å². The maximum absolute atomic E-state index is 12.6. The monoisotopic (exact) mass is 446 g/mol. The molecule has 8 heteroatoms. The van der Waals surface area contributed by atoms with Gasteiger partial charge in [0.25, 0.3) is 11.8 Å². The number of hydrogen-bond donors (Lipinski definition) is 0. The molecule has 1 saturated heterocycles. The average Bonchev–Trinajstić information content (AvgIpc) is 3.36. The third-order valence-corrected chi connectivity index (χ3v) is 6.18. The largest absolute Gasteiger partial charge is 0.478 e. The Hall–Kier alpha value is -2.48. The van der Waals surface area contributed by atoms with E-state index in [2.05, 4.69) is 37.9 Å². The first kappa shape index (κ1) is 18.9. The molecule has 2 bridgehead atoms. The second-order valence-electron chi connectivity index (χ2n) is 7.21. The Kier molecular flexibility index (Phi) is 4.82. The van der Waals surface area contributed by atoms with Crippen LogP contribution in [-0.2, 0) is 19.1 Å². The maximum atomic E-state index is 12.6. The van der Waals surface area contributed by atoms with E-state index in [1.165, 1.54) is 13.3 Å². The van der Waals surface area contributed by atoms with Crippen molar-refractivity contribution in [1.29, 1.82) is 0 Å². The normalized spacial score (nSPS) is 28.9. The minimum atomic E-state index is -0.746. The summed E-state index contributed by atoms with van der Waals surface area (Å²) in [6.07, 6.45) is 5.72. The predicted molar refractivity (Wildman–Crippen MR) is 103 cm³/mol. The molecule has 1 heterocycles. The fraction of sp³-hybridized carbons (Fsp3) is 0.400. The summed E-state index contributed by atoms with van der Waals surface area (Å²) < 4.78 is 10.8. The van der Waals surface area contributed by atoms with Crippen molar-refractivity contribution < 1.29 is 23.9 Å². The molecule has 2 fully saturated rings. The minimum absolute atomic E-state index is 0.161. The van der Waals surface area contributed by atoms with Crippen molar-refractivity contribution in [1.82, 2.24) is 5.01 Å². The number of carbonyl (C=O) groups is 3. The van der Waals surface area contributed by atoms with E-state index in [1.54, 1.807) is 25.1 Å². The van der Waals surface area contributed by atoms with Crippen LogP contribution in [0.2, 0.25) is 0 Å². The molecular formula is C20H19BrN2O5. The summed E-state index contributed by atoms with van der Waals surface area (Å²) in [4.78, 5) is 36.7. The van der Waals surface area contributed by atoms with Gasteiger partial charge in [0.2, 0.25) is 0 Å². The molecule has 7 nitrogen and oxygen atoms in total. The quantitative estimate of drug-likeness (QED) is 0.300. The number of benzene rings is 1. The number of methoxy groups -OCH3 is 1. The van der Waals surface area contributed by atoms with E-state index in [0.717, 1.165) is 11.4 Å². The van der Waals surface area contributed by atoms with Gasteiger partial charge in [0, 0.05) is 0 Å². The molecule has 0 N–H and O–H groups in total. The van der Waals surface area contributed by atoms with Gasteiger partial charge in [0.15, 0.2) is 6.10 Å². The first-order valence-electron chi connectivity index (χ1n) is 9.05. The molecule has 2 amide bonds. The molecule has 1 aromatic rings. The van der Waals surface area contributed by atoms with E-state index in [4.69, 9.17) is 4.74 Å². The van der Waals surface area contributed by atoms with Crippen LogP contribution in [0.5, 0.6) is 5.75 Å². The highest BCUT2D eigenvalue weighted by atomic mass is 79.9. The Morgan fingerprint density at radius 2 is 1.89 bits per heavy atom. The number of rotatable bonds is 5. The second kappa shape index (κ2) is 7.16. The van der Waals surface area contributed by atoms with Crippen molar-refractivity contribution in [3.05, 3.63) is 40.4 Å². The molecule has 1 aromatic carbocycles. The summed E-state index contributed by atoms with van der Waals surface area (Å²) >= 11 is 3.39. The van der Waals surface area contributed by atoms with Crippen molar-refractivity contribution >= 4 is 39.9 Å². The SMILES string of the molecule is COC(=O)[C@@H](C)Oc1ccc(C=NN2C(=O)[C@@H]3[C@H](C2=O)[C@H]2C=C[C@H]3C2)cc1Br. The van der Waals surface area contributed by atoms with Crippen LogP contribution in [0.15, 0.2) is 39.9 Å². The minimum Gasteiger partial charge on any atom is -0.478 e. The van der Waals surface area contributed by atoms with Crippen molar-refractivity contribution in [2.75, 3.05) is 7.11 Å². The molecule has 2 aliphatic carbocycles. The highest BCUT2D eigenvalue weighted by Crippen LogP contribution is 2.52. The van der Waals surface area contributed by atoms with Crippen LogP contribution in [0, 0.1) is 23.7 Å². The lowest BCUT2D eigenvalue weighted by Gasteiger charge is -2.14. The number of carbonyl (C=O) groups excluding carboxylic acids is 3. The summed E-state index contributed by atoms with van der Waals surface area (Å²) in [5.41, 5.74) is 0.684. The zero-order valence-corrected chi connectivity index (χ0v) is 17.0. The van der Waals surface area contributed by atoms with E-state index in [1.807, 2.05) is 0 Å². The molecular weight excluding hydrogens is 428 g/mol. The zero-order chi connectivity index (χ0) is 20.0. The highest BCUT2D eigenvalue weighted by molar-refractivity contribution is 9.10. The number of fused-ring (bicyclic) bond motifs is 5. The van der Waals surface area contributed by atoms with Crippen LogP contribution < -0.4 is 4.74 Å². The van der Waals surface area contributed by atoms with Gasteiger partial charge in [-0.05, 0) is 64.9 Å². The molecule has 1 aliphatic heterocycles. The number of allylic oxidation sites excluding steroid dienone is 2. The van der Waals surface area contributed by atoms with Gasteiger partial charge in [-0.1, -0.05) is 12.2 Å². The van der Waals surface area contributed by atoms with Gasteiger partial charge in [-0.3, -0.25) is 9.59 Å². The van der Waals surface area contributed by atoms with Crippen LogP contribution in [0.25, 0.3) is 0 Å². The highest BCUT2D eigenvalue weighted by Gasteiger charge is 2.59. The standard InChI is InChI=1S/C20H19BrN2O5/c1-10(20(26)27-2)28-15-6-3-11(7-14(15)21)9-22-23-18(24)16-12-4-5-13(8-12)17(16)19(23)25/h3-7,9-10,12-13,16-17H,8H2,1-2H3/t10-,12+,13+,16-,17+/m1/s1. The molecule has 146 valence electrons. The van der Waals surface area contributed by atoms with Crippen molar-refractivity contribution in [2.24, 2.45) is 28.8 Å². The maximum Gasteiger partial charge on any atom is 0.346 e. The van der Waals surface area contributed by atoms with Gasteiger partial charge in [0.1, 0.15) is 5.75 Å². The number of nitrogens with zero attached hydrogens (tertiary/aromatic N) is 2. The van der Waals surface area contributed by atoms with Crippen LogP contribution in [-0.4, -0.2) is 42.2 Å². The first-order valence-corrected chi connectivity index (χ1v) is 9.84. The third-order valence-electron chi connectivity index (χ3n) is 5.56. The number of halogens is 1. The smallest absolute Gasteiger partial charge is 0.346 e. The molecule has 28 heavy (non-hydrogen) atoms. The number of amides is 2. The van der Waals surface area contributed by atoms with Gasteiger partial charge in [-0.2, -0.15) is 10.1 Å². The predicted octanol–water partition coefficient (Wildman–Crippen LogP) is 2.53. The summed E-state index contributed by atoms with van der Waals surface area (Å²) in [7, 11) is 1.30. The van der Waals surface area contributed by atoms with Gasteiger partial charge < -0.3 is 9.47 Å². The molecule has 0 aromatic heterocycles. The van der Waals surface area contributed by atoms with Crippen LogP contribution in [0.1, 0.15) is 18.9 Å². The van der Waals surface area contributed by atoms with Gasteiger partial charge in [-0.15, -0.1) is 0 Å². The molecule has 5 atom stereocenters. The Balaban J connectivity index is 1.47. The van der Waals surface area contributed by atoms with Crippen LogP contribution in [0.4, 0.5) is 0 Å². The topological polar surface area (TPSA) is 85.3 Å². The van der Waals surface area contributed by atoms with E-state index in [0.29, 0.717) is 15.8 Å². The number of imide groups is 1. The number of esters is 1. The third kappa shape index (κ3) is 3.05. The number of hydrogen-bond acceptors (Lipinski definition) is 6. The zero-order valence-electron chi connectivity index (χ0n) is 15.4. The van der Waals surface area contributed by atoms with Gasteiger partial charge in [-0.25, -0.2) is 4.79 Å². The molecule has 4 rings (SSSR count). The fourth-order valence-electron chi connectivity index (χ4n) is 4.22. The molecule has 0 unspecified atom stereocenters. The van der Waals surface area contributed by atoms with Gasteiger partial charge >= 0.3 is 5.97 Å². The first-order chi connectivity index (χ1) is 13.4.